The number of nitrogens with zero attached hydrogens (tertiary/aromatic N) is 5. The normalized spacial score (nSPS) is 11.3. The van der Waals surface area contributed by atoms with Crippen LogP contribution in [0.15, 0.2) is 22.1 Å². The first kappa shape index (κ1) is 15.9. The van der Waals surface area contributed by atoms with Crippen LogP contribution in [-0.4, -0.2) is 23.9 Å². The number of hydrogen-bond donors (Lipinski definition) is 0. The number of halogens is 1. The zero-order valence-electron chi connectivity index (χ0n) is 12.3. The van der Waals surface area contributed by atoms with Gasteiger partial charge in [0, 0.05) is 18.8 Å². The van der Waals surface area contributed by atoms with Gasteiger partial charge in [-0.15, -0.1) is 0 Å². The summed E-state index contributed by atoms with van der Waals surface area (Å²) < 4.78 is 5.03. The highest BCUT2D eigenvalue weighted by molar-refractivity contribution is 14.1. The van der Waals surface area contributed by atoms with Gasteiger partial charge in [-0.05, 0) is 42.9 Å². The predicted molar refractivity (Wildman–Crippen MR) is 87.5 cm³/mol. The minimum absolute atomic E-state index is 0.124. The molecule has 2 heterocycles. The Morgan fingerprint density at radius 1 is 1.33 bits per heavy atom. The molecule has 0 unspecified atom stereocenters. The highest BCUT2D eigenvalue weighted by atomic mass is 127. The first-order valence-corrected chi connectivity index (χ1v) is 7.91. The third kappa shape index (κ3) is 3.25. The number of rotatable bonds is 5. The summed E-state index contributed by atoms with van der Waals surface area (Å²) in [5.41, 5.74) is -0.591. The SMILES string of the molecule is CCCn1cc(I)c(=O)n(Cc2ncnn2C(C)C)c1=O. The van der Waals surface area contributed by atoms with Crippen molar-refractivity contribution in [3.05, 3.63) is 42.8 Å². The Bertz CT molecular complexity index is 744. The average molecular weight is 403 g/mol. The lowest BCUT2D eigenvalue weighted by Gasteiger charge is -2.12. The fourth-order valence-corrected chi connectivity index (χ4v) is 2.75. The molecule has 0 aliphatic carbocycles. The van der Waals surface area contributed by atoms with Gasteiger partial charge in [0.15, 0.2) is 0 Å². The largest absolute Gasteiger partial charge is 0.331 e. The summed E-state index contributed by atoms with van der Waals surface area (Å²) in [6, 6.07) is 0.124. The van der Waals surface area contributed by atoms with E-state index in [4.69, 9.17) is 0 Å². The number of hydrogen-bond acceptors (Lipinski definition) is 4. The van der Waals surface area contributed by atoms with Crippen LogP contribution >= 0.6 is 22.6 Å². The van der Waals surface area contributed by atoms with Crippen LogP contribution in [0.1, 0.15) is 39.1 Å². The van der Waals surface area contributed by atoms with E-state index in [-0.39, 0.29) is 23.8 Å². The monoisotopic (exact) mass is 403 g/mol. The van der Waals surface area contributed by atoms with Crippen molar-refractivity contribution < 1.29 is 0 Å². The molecule has 0 N–H and O–H groups in total. The molecule has 7 nitrogen and oxygen atoms in total. The second kappa shape index (κ2) is 6.54. The fraction of sp³-hybridized carbons (Fsp3) is 0.538. The van der Waals surface area contributed by atoms with Crippen LogP contribution < -0.4 is 11.2 Å². The van der Waals surface area contributed by atoms with Crippen LogP contribution in [0.2, 0.25) is 0 Å². The number of aryl methyl sites for hydroxylation is 1. The Morgan fingerprint density at radius 3 is 2.67 bits per heavy atom. The Balaban J connectivity index is 2.51. The smallest absolute Gasteiger partial charge is 0.299 e. The topological polar surface area (TPSA) is 74.7 Å². The highest BCUT2D eigenvalue weighted by Crippen LogP contribution is 2.06. The van der Waals surface area contributed by atoms with Crippen LogP contribution in [0.3, 0.4) is 0 Å². The average Bonchev–Trinajstić information content (AvgIpc) is 2.89. The number of aromatic nitrogens is 5. The lowest BCUT2D eigenvalue weighted by Crippen LogP contribution is -2.41. The maximum absolute atomic E-state index is 12.4. The Labute approximate surface area is 135 Å². The summed E-state index contributed by atoms with van der Waals surface area (Å²) >= 11 is 1.96. The van der Waals surface area contributed by atoms with Crippen molar-refractivity contribution in [2.75, 3.05) is 0 Å². The molecule has 0 atom stereocenters. The van der Waals surface area contributed by atoms with Gasteiger partial charge in [-0.2, -0.15) is 5.10 Å². The first-order chi connectivity index (χ1) is 9.95. The van der Waals surface area contributed by atoms with E-state index in [1.54, 1.807) is 15.4 Å². The van der Waals surface area contributed by atoms with Gasteiger partial charge in [0.05, 0.1) is 10.1 Å². The van der Waals surface area contributed by atoms with Crippen LogP contribution in [0.25, 0.3) is 0 Å². The summed E-state index contributed by atoms with van der Waals surface area (Å²) in [5.74, 6) is 0.606. The lowest BCUT2D eigenvalue weighted by atomic mass is 10.4. The van der Waals surface area contributed by atoms with Gasteiger partial charge in [-0.1, -0.05) is 6.92 Å². The molecule has 114 valence electrons. The third-order valence-electron chi connectivity index (χ3n) is 3.10. The minimum Gasteiger partial charge on any atom is -0.299 e. The van der Waals surface area contributed by atoms with Crippen molar-refractivity contribution in [3.8, 4) is 0 Å². The summed E-state index contributed by atoms with van der Waals surface area (Å²) in [6.45, 7) is 6.67. The minimum atomic E-state index is -0.305. The molecule has 0 aliphatic rings. The second-order valence-electron chi connectivity index (χ2n) is 5.06. The summed E-state index contributed by atoms with van der Waals surface area (Å²) in [6.07, 6.45) is 3.88. The molecule has 2 aromatic rings. The molecular weight excluding hydrogens is 385 g/mol. The molecule has 8 heteroatoms. The molecule has 0 bridgehead atoms. The molecule has 2 rings (SSSR count). The van der Waals surface area contributed by atoms with Crippen LogP contribution in [0.4, 0.5) is 0 Å². The van der Waals surface area contributed by atoms with Crippen LogP contribution in [0, 0.1) is 3.57 Å². The quantitative estimate of drug-likeness (QED) is 0.705. The second-order valence-corrected chi connectivity index (χ2v) is 6.22. The van der Waals surface area contributed by atoms with E-state index in [1.807, 2.05) is 43.4 Å². The molecule has 0 radical (unpaired) electrons. The zero-order valence-corrected chi connectivity index (χ0v) is 14.4. The molecule has 0 saturated carbocycles. The zero-order chi connectivity index (χ0) is 15.6. The summed E-state index contributed by atoms with van der Waals surface area (Å²) in [7, 11) is 0. The van der Waals surface area contributed by atoms with Crippen molar-refractivity contribution in [3.63, 3.8) is 0 Å². The van der Waals surface area contributed by atoms with Gasteiger partial charge >= 0.3 is 5.69 Å². The predicted octanol–water partition coefficient (Wildman–Crippen LogP) is 1.25. The highest BCUT2D eigenvalue weighted by Gasteiger charge is 2.14. The van der Waals surface area contributed by atoms with Gasteiger partial charge in [0.25, 0.3) is 5.56 Å². The molecule has 0 aromatic carbocycles. The molecule has 0 amide bonds. The summed E-state index contributed by atoms with van der Waals surface area (Å²) in [5, 5.41) is 4.13. The molecule has 0 spiro atoms. The molecular formula is C13H18IN5O2. The van der Waals surface area contributed by atoms with Crippen molar-refractivity contribution in [2.45, 2.75) is 46.3 Å². The third-order valence-corrected chi connectivity index (χ3v) is 3.84. The van der Waals surface area contributed by atoms with Crippen LogP contribution in [-0.2, 0) is 13.1 Å². The van der Waals surface area contributed by atoms with Crippen molar-refractivity contribution in [2.24, 2.45) is 0 Å². The fourth-order valence-electron chi connectivity index (χ4n) is 2.12. The molecule has 0 fully saturated rings. The first-order valence-electron chi connectivity index (χ1n) is 6.83. The van der Waals surface area contributed by atoms with E-state index in [2.05, 4.69) is 10.1 Å². The Kier molecular flexibility index (Phi) is 4.96. The lowest BCUT2D eigenvalue weighted by molar-refractivity contribution is 0.481. The van der Waals surface area contributed by atoms with Crippen molar-refractivity contribution >= 4 is 22.6 Å². The Hall–Kier alpha value is -1.45. The van der Waals surface area contributed by atoms with Crippen molar-refractivity contribution in [1.29, 1.82) is 0 Å². The molecule has 0 aliphatic heterocycles. The van der Waals surface area contributed by atoms with E-state index < -0.39 is 0 Å². The van der Waals surface area contributed by atoms with Crippen molar-refractivity contribution in [1.82, 2.24) is 23.9 Å². The molecule has 2 aromatic heterocycles. The van der Waals surface area contributed by atoms with Gasteiger partial charge in [-0.25, -0.2) is 14.5 Å². The summed E-state index contributed by atoms with van der Waals surface area (Å²) in [4.78, 5) is 28.8. The van der Waals surface area contributed by atoms with Crippen LogP contribution in [0.5, 0.6) is 0 Å². The van der Waals surface area contributed by atoms with Gasteiger partial charge in [0.1, 0.15) is 12.2 Å². The maximum atomic E-state index is 12.4. The molecule has 0 saturated heterocycles. The van der Waals surface area contributed by atoms with E-state index in [1.165, 1.54) is 10.9 Å². The van der Waals surface area contributed by atoms with E-state index in [9.17, 15) is 9.59 Å². The van der Waals surface area contributed by atoms with Gasteiger partial charge in [0.2, 0.25) is 0 Å². The van der Waals surface area contributed by atoms with E-state index in [0.717, 1.165) is 6.42 Å². The van der Waals surface area contributed by atoms with E-state index >= 15 is 0 Å². The molecule has 21 heavy (non-hydrogen) atoms. The standard InChI is InChI=1S/C13H18IN5O2/c1-4-5-17-6-10(14)12(20)18(13(17)21)7-11-15-8-16-19(11)9(2)3/h6,8-9H,4-5,7H2,1-3H3. The van der Waals surface area contributed by atoms with E-state index in [0.29, 0.717) is 15.9 Å². The maximum Gasteiger partial charge on any atom is 0.331 e. The van der Waals surface area contributed by atoms with Gasteiger partial charge in [-0.3, -0.25) is 13.9 Å². The van der Waals surface area contributed by atoms with Gasteiger partial charge < -0.3 is 0 Å². The Morgan fingerprint density at radius 2 is 2.05 bits per heavy atom.